The van der Waals surface area contributed by atoms with Gasteiger partial charge in [0.05, 0.1) is 14.2 Å². The predicted molar refractivity (Wildman–Crippen MR) is 133 cm³/mol. The lowest BCUT2D eigenvalue weighted by Gasteiger charge is -2.50. The van der Waals surface area contributed by atoms with Gasteiger partial charge in [-0.15, -0.1) is 0 Å². The first kappa shape index (κ1) is 24.8. The van der Waals surface area contributed by atoms with Crippen LogP contribution in [0.5, 0.6) is 11.5 Å². The molecule has 1 aliphatic carbocycles. The van der Waals surface area contributed by atoms with Gasteiger partial charge in [-0.05, 0) is 57.5 Å². The number of carbonyl (C=O) groups excluding carboxylic acids is 2. The van der Waals surface area contributed by atoms with Gasteiger partial charge in [0, 0.05) is 43.4 Å². The van der Waals surface area contributed by atoms with Crippen molar-refractivity contribution in [3.63, 3.8) is 0 Å². The van der Waals surface area contributed by atoms with Gasteiger partial charge in [-0.1, -0.05) is 25.7 Å². The van der Waals surface area contributed by atoms with E-state index in [4.69, 9.17) is 9.47 Å². The van der Waals surface area contributed by atoms with E-state index >= 15 is 0 Å². The first-order chi connectivity index (χ1) is 16.5. The molecule has 0 unspecified atom stereocenters. The molecule has 1 saturated carbocycles. The number of carbonyl (C=O) groups is 2. The van der Waals surface area contributed by atoms with Crippen molar-refractivity contribution in [3.8, 4) is 11.5 Å². The number of hydrogen-bond acceptors (Lipinski definition) is 5. The van der Waals surface area contributed by atoms with E-state index in [0.29, 0.717) is 48.5 Å². The third-order valence-electron chi connectivity index (χ3n) is 8.26. The van der Waals surface area contributed by atoms with Gasteiger partial charge in [-0.25, -0.2) is 0 Å². The summed E-state index contributed by atoms with van der Waals surface area (Å²) in [5.74, 6) is 1.59. The molecule has 1 aromatic carbocycles. The largest absolute Gasteiger partial charge is 0.497 e. The van der Waals surface area contributed by atoms with E-state index in [1.807, 2.05) is 4.90 Å². The molecule has 2 saturated heterocycles. The highest BCUT2D eigenvalue weighted by Crippen LogP contribution is 2.39. The number of hydrogen-bond donors (Lipinski definition) is 1. The lowest BCUT2D eigenvalue weighted by atomic mass is 9.77. The Balaban J connectivity index is 1.60. The lowest BCUT2D eigenvalue weighted by Crippen LogP contribution is -2.62. The van der Waals surface area contributed by atoms with Crippen molar-refractivity contribution >= 4 is 17.5 Å². The van der Waals surface area contributed by atoms with Crippen LogP contribution < -0.4 is 14.8 Å². The SMILES string of the molecule is COc1cc(NC(=O)C2(N(C[C@@H]3CCCN4CCCC[C@@H]34)C(C)=O)CCCCC2)cc(OC)c1. The van der Waals surface area contributed by atoms with Crippen LogP contribution in [0.2, 0.25) is 0 Å². The van der Waals surface area contributed by atoms with Crippen LogP contribution in [0.25, 0.3) is 0 Å². The van der Waals surface area contributed by atoms with Crippen molar-refractivity contribution < 1.29 is 19.1 Å². The molecular formula is C27H41N3O4. The number of nitrogens with one attached hydrogen (secondary N) is 1. The van der Waals surface area contributed by atoms with E-state index < -0.39 is 5.54 Å². The molecule has 1 aromatic rings. The van der Waals surface area contributed by atoms with E-state index in [2.05, 4.69) is 10.2 Å². The molecule has 4 rings (SSSR count). The second-order valence-corrected chi connectivity index (χ2v) is 10.3. The van der Waals surface area contributed by atoms with Crippen LogP contribution in [0.3, 0.4) is 0 Å². The molecule has 2 aliphatic heterocycles. The van der Waals surface area contributed by atoms with Crippen molar-refractivity contribution in [3.05, 3.63) is 18.2 Å². The number of rotatable bonds is 7. The van der Waals surface area contributed by atoms with Crippen molar-refractivity contribution in [2.45, 2.75) is 82.7 Å². The Morgan fingerprint density at radius 3 is 2.29 bits per heavy atom. The molecule has 2 heterocycles. The van der Waals surface area contributed by atoms with E-state index in [1.165, 1.54) is 38.8 Å². The number of methoxy groups -OCH3 is 2. The fourth-order valence-corrected chi connectivity index (χ4v) is 6.51. The Morgan fingerprint density at radius 1 is 0.971 bits per heavy atom. The van der Waals surface area contributed by atoms with Crippen molar-refractivity contribution in [2.75, 3.05) is 39.2 Å². The van der Waals surface area contributed by atoms with E-state index in [0.717, 1.165) is 25.7 Å². The Morgan fingerprint density at radius 2 is 1.65 bits per heavy atom. The van der Waals surface area contributed by atoms with Gasteiger partial charge in [0.15, 0.2) is 0 Å². The highest BCUT2D eigenvalue weighted by Gasteiger charge is 2.48. The zero-order valence-electron chi connectivity index (χ0n) is 21.1. The molecule has 7 nitrogen and oxygen atoms in total. The van der Waals surface area contributed by atoms with Crippen LogP contribution in [-0.2, 0) is 9.59 Å². The van der Waals surface area contributed by atoms with Gasteiger partial charge in [0.1, 0.15) is 17.0 Å². The maximum atomic E-state index is 14.0. The van der Waals surface area contributed by atoms with Gasteiger partial charge in [0.25, 0.3) is 0 Å². The number of amides is 2. The summed E-state index contributed by atoms with van der Waals surface area (Å²) in [6.07, 6.45) is 10.5. The third-order valence-corrected chi connectivity index (χ3v) is 8.26. The smallest absolute Gasteiger partial charge is 0.250 e. The topological polar surface area (TPSA) is 71.1 Å². The summed E-state index contributed by atoms with van der Waals surface area (Å²) in [5, 5.41) is 3.13. The van der Waals surface area contributed by atoms with Gasteiger partial charge >= 0.3 is 0 Å². The zero-order chi connectivity index (χ0) is 24.1. The standard InChI is InChI=1S/C27H41N3O4/c1-20(31)30(19-21-10-9-15-29-14-8-5-11-25(21)29)27(12-6-4-7-13-27)26(32)28-22-16-23(33-2)18-24(17-22)34-3/h16-18,21,25H,4-15,19H2,1-3H3,(H,28,32)/t21-,25-/m0/s1. The van der Waals surface area contributed by atoms with Crippen molar-refractivity contribution in [1.29, 1.82) is 0 Å². The van der Waals surface area contributed by atoms with Gasteiger partial charge in [-0.3, -0.25) is 9.59 Å². The molecule has 0 aromatic heterocycles. The van der Waals surface area contributed by atoms with Crippen molar-refractivity contribution in [1.82, 2.24) is 9.80 Å². The summed E-state index contributed by atoms with van der Waals surface area (Å²) >= 11 is 0. The summed E-state index contributed by atoms with van der Waals surface area (Å²) < 4.78 is 10.8. The van der Waals surface area contributed by atoms with Gasteiger partial charge < -0.3 is 24.6 Å². The van der Waals surface area contributed by atoms with E-state index in [1.54, 1.807) is 39.3 Å². The molecule has 0 spiro atoms. The quantitative estimate of drug-likeness (QED) is 0.636. The summed E-state index contributed by atoms with van der Waals surface area (Å²) in [6.45, 7) is 4.65. The fourth-order valence-electron chi connectivity index (χ4n) is 6.51. The monoisotopic (exact) mass is 471 g/mol. The molecular weight excluding hydrogens is 430 g/mol. The average molecular weight is 472 g/mol. The summed E-state index contributed by atoms with van der Waals surface area (Å²) in [4.78, 5) is 31.7. The predicted octanol–water partition coefficient (Wildman–Crippen LogP) is 4.46. The molecule has 0 radical (unpaired) electrons. The number of fused-ring (bicyclic) bond motifs is 1. The van der Waals surface area contributed by atoms with Crippen molar-refractivity contribution in [2.24, 2.45) is 5.92 Å². The highest BCUT2D eigenvalue weighted by atomic mass is 16.5. The molecule has 2 amide bonds. The first-order valence-corrected chi connectivity index (χ1v) is 13.0. The summed E-state index contributed by atoms with van der Waals surface area (Å²) in [6, 6.07) is 5.93. The lowest BCUT2D eigenvalue weighted by molar-refractivity contribution is -0.148. The van der Waals surface area contributed by atoms with Crippen LogP contribution in [0, 0.1) is 5.92 Å². The maximum absolute atomic E-state index is 14.0. The molecule has 3 aliphatic rings. The van der Waals surface area contributed by atoms with Crippen LogP contribution in [0.4, 0.5) is 5.69 Å². The highest BCUT2D eigenvalue weighted by molar-refractivity contribution is 6.00. The molecule has 7 heteroatoms. The average Bonchev–Trinajstić information content (AvgIpc) is 2.87. The summed E-state index contributed by atoms with van der Waals surface area (Å²) in [7, 11) is 3.19. The third kappa shape index (κ3) is 5.19. The second kappa shape index (κ2) is 11.0. The minimum absolute atomic E-state index is 0.00760. The zero-order valence-corrected chi connectivity index (χ0v) is 21.1. The molecule has 0 bridgehead atoms. The van der Waals surface area contributed by atoms with Crippen LogP contribution in [0.15, 0.2) is 18.2 Å². The number of piperidine rings is 2. The Kier molecular flexibility index (Phi) is 8.02. The fraction of sp³-hybridized carbons (Fsp3) is 0.704. The normalized spacial score (nSPS) is 24.6. The second-order valence-electron chi connectivity index (χ2n) is 10.3. The van der Waals surface area contributed by atoms with E-state index in [-0.39, 0.29) is 11.8 Å². The minimum atomic E-state index is -0.808. The molecule has 34 heavy (non-hydrogen) atoms. The number of ether oxygens (including phenoxy) is 2. The van der Waals surface area contributed by atoms with Gasteiger partial charge in [0.2, 0.25) is 11.8 Å². The Labute approximate surface area is 204 Å². The number of anilines is 1. The first-order valence-electron chi connectivity index (χ1n) is 13.0. The molecule has 188 valence electrons. The number of benzene rings is 1. The van der Waals surface area contributed by atoms with Gasteiger partial charge in [-0.2, -0.15) is 0 Å². The van der Waals surface area contributed by atoms with Crippen LogP contribution >= 0.6 is 0 Å². The maximum Gasteiger partial charge on any atom is 0.250 e. The molecule has 2 atom stereocenters. The Hall–Kier alpha value is -2.28. The van der Waals surface area contributed by atoms with E-state index in [9.17, 15) is 9.59 Å². The number of nitrogens with zero attached hydrogens (tertiary/aromatic N) is 2. The molecule has 1 N–H and O–H groups in total. The van der Waals surface area contributed by atoms with Crippen LogP contribution in [0.1, 0.15) is 71.1 Å². The van der Waals surface area contributed by atoms with Crippen LogP contribution in [-0.4, -0.2) is 67.0 Å². The summed E-state index contributed by atoms with van der Waals surface area (Å²) in [5.41, 5.74) is -0.178. The minimum Gasteiger partial charge on any atom is -0.497 e. The molecule has 3 fully saturated rings. The Bertz CT molecular complexity index is 843.